The van der Waals surface area contributed by atoms with Crippen LogP contribution in [0.4, 0.5) is 4.39 Å². The number of nitrogens with zero attached hydrogens (tertiary/aromatic N) is 2. The summed E-state index contributed by atoms with van der Waals surface area (Å²) in [5, 5.41) is 12.7. The first-order chi connectivity index (χ1) is 10.2. The van der Waals surface area contributed by atoms with Crippen LogP contribution in [-0.2, 0) is 6.42 Å². The molecule has 0 aromatic heterocycles. The van der Waals surface area contributed by atoms with Crippen molar-refractivity contribution < 1.29 is 9.60 Å². The molecule has 0 radical (unpaired) electrons. The van der Waals surface area contributed by atoms with E-state index in [0.717, 1.165) is 43.4 Å². The maximum Gasteiger partial charge on any atom is 0.123 e. The van der Waals surface area contributed by atoms with Crippen molar-refractivity contribution in [3.63, 3.8) is 0 Å². The van der Waals surface area contributed by atoms with Gasteiger partial charge in [0.25, 0.3) is 0 Å². The molecule has 1 aliphatic rings. The van der Waals surface area contributed by atoms with Crippen molar-refractivity contribution in [2.75, 3.05) is 0 Å². The van der Waals surface area contributed by atoms with Crippen LogP contribution >= 0.6 is 0 Å². The first kappa shape index (κ1) is 15.4. The van der Waals surface area contributed by atoms with E-state index in [2.05, 4.69) is 17.1 Å². The highest BCUT2D eigenvalue weighted by Gasteiger charge is 2.16. The fourth-order valence-corrected chi connectivity index (χ4v) is 2.52. The van der Waals surface area contributed by atoms with Gasteiger partial charge in [-0.15, -0.1) is 0 Å². The summed E-state index contributed by atoms with van der Waals surface area (Å²) < 4.78 is 13.5. The second kappa shape index (κ2) is 7.72. The average Bonchev–Trinajstić information content (AvgIpc) is 2.57. The van der Waals surface area contributed by atoms with Crippen LogP contribution in [0.15, 0.2) is 40.6 Å². The van der Waals surface area contributed by atoms with E-state index in [4.69, 9.17) is 0 Å². The van der Waals surface area contributed by atoms with E-state index in [1.807, 2.05) is 6.08 Å². The van der Waals surface area contributed by atoms with Gasteiger partial charge in [0.1, 0.15) is 5.82 Å². The Morgan fingerprint density at radius 2 is 2.10 bits per heavy atom. The maximum atomic E-state index is 13.5. The normalized spacial score (nSPS) is 20.3. The Hall–Kier alpha value is -1.97. The number of benzene rings is 1. The van der Waals surface area contributed by atoms with Crippen molar-refractivity contribution in [3.05, 3.63) is 47.4 Å². The second-order valence-corrected chi connectivity index (χ2v) is 5.22. The predicted molar refractivity (Wildman–Crippen MR) is 83.8 cm³/mol. The molecule has 3 nitrogen and oxygen atoms in total. The molecular formula is C17H21FN2O. The van der Waals surface area contributed by atoms with E-state index in [0.29, 0.717) is 17.7 Å². The fraction of sp³-hybridized carbons (Fsp3) is 0.412. The zero-order chi connectivity index (χ0) is 15.1. The summed E-state index contributed by atoms with van der Waals surface area (Å²) in [6.07, 6.45) is 8.99. The molecule has 0 saturated heterocycles. The number of oxime groups is 1. The number of halogens is 1. The third-order valence-corrected chi connectivity index (χ3v) is 3.63. The molecule has 112 valence electrons. The molecule has 0 bridgehead atoms. The highest BCUT2D eigenvalue weighted by molar-refractivity contribution is 6.13. The number of aryl methyl sites for hydroxylation is 1. The molecule has 0 aliphatic heterocycles. The van der Waals surface area contributed by atoms with Gasteiger partial charge in [-0.2, -0.15) is 0 Å². The van der Waals surface area contributed by atoms with Crippen molar-refractivity contribution in [2.45, 2.75) is 45.4 Å². The molecule has 21 heavy (non-hydrogen) atoms. The largest absolute Gasteiger partial charge is 0.411 e. The number of aliphatic imine (C=N–C) groups is 1. The van der Waals surface area contributed by atoms with Gasteiger partial charge < -0.3 is 5.21 Å². The van der Waals surface area contributed by atoms with Gasteiger partial charge in [-0.1, -0.05) is 24.2 Å². The molecule has 1 N–H and O–H groups in total. The molecule has 0 spiro atoms. The van der Waals surface area contributed by atoms with E-state index in [-0.39, 0.29) is 5.82 Å². The Morgan fingerprint density at radius 3 is 2.86 bits per heavy atom. The monoisotopic (exact) mass is 288 g/mol. The summed E-state index contributed by atoms with van der Waals surface area (Å²) >= 11 is 0. The first-order valence-electron chi connectivity index (χ1n) is 7.45. The quantitative estimate of drug-likeness (QED) is 0.632. The maximum absolute atomic E-state index is 13.5. The summed E-state index contributed by atoms with van der Waals surface area (Å²) in [6, 6.07) is 4.70. The van der Waals surface area contributed by atoms with E-state index >= 15 is 0 Å². The highest BCUT2D eigenvalue weighted by Crippen LogP contribution is 2.21. The lowest BCUT2D eigenvalue weighted by Crippen LogP contribution is -2.11. The van der Waals surface area contributed by atoms with Gasteiger partial charge in [-0.3, -0.25) is 4.99 Å². The summed E-state index contributed by atoms with van der Waals surface area (Å²) in [4.78, 5) is 4.46. The fourth-order valence-electron chi connectivity index (χ4n) is 2.52. The third kappa shape index (κ3) is 4.25. The van der Waals surface area contributed by atoms with E-state index in [1.165, 1.54) is 12.1 Å². The van der Waals surface area contributed by atoms with Crippen molar-refractivity contribution >= 4 is 11.4 Å². The molecule has 0 fully saturated rings. The van der Waals surface area contributed by atoms with Crippen molar-refractivity contribution in [1.82, 2.24) is 0 Å². The van der Waals surface area contributed by atoms with Crippen LogP contribution in [0.25, 0.3) is 0 Å². The smallest absolute Gasteiger partial charge is 0.123 e. The minimum Gasteiger partial charge on any atom is -0.411 e. The number of fused-ring (bicyclic) bond motifs is 1. The lowest BCUT2D eigenvalue weighted by molar-refractivity contribution is 0.318. The topological polar surface area (TPSA) is 45.0 Å². The minimum absolute atomic E-state index is 0.307. The summed E-state index contributed by atoms with van der Waals surface area (Å²) in [5.41, 5.74) is 3.21. The first-order valence-corrected chi connectivity index (χ1v) is 7.45. The van der Waals surface area contributed by atoms with Crippen LogP contribution in [-0.4, -0.2) is 16.6 Å². The Labute approximate surface area is 124 Å². The molecule has 0 unspecified atom stereocenters. The molecule has 1 aliphatic carbocycles. The van der Waals surface area contributed by atoms with Gasteiger partial charge >= 0.3 is 0 Å². The van der Waals surface area contributed by atoms with Crippen LogP contribution in [0.3, 0.4) is 0 Å². The lowest BCUT2D eigenvalue weighted by atomic mass is 9.97. The summed E-state index contributed by atoms with van der Waals surface area (Å²) in [5.74, 6) is -0.307. The molecule has 1 aromatic carbocycles. The molecule has 2 rings (SSSR count). The zero-order valence-corrected chi connectivity index (χ0v) is 12.3. The van der Waals surface area contributed by atoms with Crippen LogP contribution in [0.5, 0.6) is 0 Å². The van der Waals surface area contributed by atoms with Crippen LogP contribution < -0.4 is 0 Å². The van der Waals surface area contributed by atoms with Gasteiger partial charge in [0.2, 0.25) is 0 Å². The number of hydrogen-bond acceptors (Lipinski definition) is 3. The predicted octanol–water partition coefficient (Wildman–Crippen LogP) is 4.49. The number of allylic oxidation sites excluding steroid dienone is 1. The van der Waals surface area contributed by atoms with Crippen LogP contribution in [0, 0.1) is 5.82 Å². The SMILES string of the molecule is CC/C=C\N=C1CCCCc2ccc(F)cc2/C(=N\O)C1. The lowest BCUT2D eigenvalue weighted by Gasteiger charge is -2.09. The summed E-state index contributed by atoms with van der Waals surface area (Å²) in [6.45, 7) is 2.06. The van der Waals surface area contributed by atoms with Gasteiger partial charge in [0, 0.05) is 23.9 Å². The molecule has 0 saturated carbocycles. The van der Waals surface area contributed by atoms with Crippen molar-refractivity contribution in [2.24, 2.45) is 10.1 Å². The Morgan fingerprint density at radius 1 is 1.29 bits per heavy atom. The average molecular weight is 288 g/mol. The number of hydrogen-bond donors (Lipinski definition) is 1. The Bertz CT molecular complexity index is 576. The highest BCUT2D eigenvalue weighted by atomic mass is 19.1. The van der Waals surface area contributed by atoms with E-state index < -0.39 is 0 Å². The number of rotatable bonds is 2. The molecule has 1 aromatic rings. The van der Waals surface area contributed by atoms with Gasteiger partial charge in [-0.25, -0.2) is 4.39 Å². The van der Waals surface area contributed by atoms with Gasteiger partial charge in [-0.05, 0) is 49.8 Å². The summed E-state index contributed by atoms with van der Waals surface area (Å²) in [7, 11) is 0. The standard InChI is InChI=1S/C17H21FN2O/c1-2-3-10-19-15-7-5-4-6-13-8-9-14(18)11-16(13)17(12-15)20-21/h3,8-11,21H,2,4-7,12H2,1H3/b10-3-,19-15?,20-17-. The molecular weight excluding hydrogens is 267 g/mol. The van der Waals surface area contributed by atoms with Gasteiger partial charge in [0.05, 0.1) is 5.71 Å². The van der Waals surface area contributed by atoms with Crippen LogP contribution in [0.2, 0.25) is 0 Å². The van der Waals surface area contributed by atoms with E-state index in [9.17, 15) is 9.60 Å². The molecule has 4 heteroatoms. The Kier molecular flexibility index (Phi) is 5.67. The van der Waals surface area contributed by atoms with Crippen molar-refractivity contribution in [1.29, 1.82) is 0 Å². The molecule has 0 atom stereocenters. The zero-order valence-electron chi connectivity index (χ0n) is 12.3. The third-order valence-electron chi connectivity index (χ3n) is 3.63. The molecule has 0 heterocycles. The second-order valence-electron chi connectivity index (χ2n) is 5.22. The Balaban J connectivity index is 2.35. The van der Waals surface area contributed by atoms with Crippen molar-refractivity contribution in [3.8, 4) is 0 Å². The molecule has 0 amide bonds. The van der Waals surface area contributed by atoms with Crippen LogP contribution in [0.1, 0.15) is 50.2 Å². The minimum atomic E-state index is -0.307. The van der Waals surface area contributed by atoms with E-state index in [1.54, 1.807) is 12.3 Å². The van der Waals surface area contributed by atoms with Gasteiger partial charge in [0.15, 0.2) is 0 Å².